The van der Waals surface area contributed by atoms with Gasteiger partial charge in [-0.1, -0.05) is 0 Å². The summed E-state index contributed by atoms with van der Waals surface area (Å²) in [6.07, 6.45) is 0. The van der Waals surface area contributed by atoms with E-state index in [0.717, 1.165) is 6.61 Å². The molecule has 1 unspecified atom stereocenters. The van der Waals surface area contributed by atoms with Crippen molar-refractivity contribution in [3.8, 4) is 0 Å². The van der Waals surface area contributed by atoms with Crippen molar-refractivity contribution in [1.82, 2.24) is 0 Å². The summed E-state index contributed by atoms with van der Waals surface area (Å²) in [5.41, 5.74) is 3.81. The van der Waals surface area contributed by atoms with Crippen LogP contribution in [0.2, 0.25) is 0 Å². The molecule has 2 heteroatoms. The van der Waals surface area contributed by atoms with Gasteiger partial charge in [-0.15, -0.1) is 0 Å². The number of quaternary nitrogens is 1. The van der Waals surface area contributed by atoms with Crippen molar-refractivity contribution < 1.29 is 10.5 Å². The number of rotatable bonds is 2. The first-order valence-electron chi connectivity index (χ1n) is 3.39. The maximum atomic E-state index is 5.43. The molecule has 0 saturated carbocycles. The Morgan fingerprint density at radius 3 is 2.00 bits per heavy atom. The molecule has 0 aliphatic carbocycles. The third kappa shape index (κ3) is 7.92. The summed E-state index contributed by atoms with van der Waals surface area (Å²) in [7, 11) is 0. The second-order valence-electron chi connectivity index (χ2n) is 3.53. The Morgan fingerprint density at radius 1 is 1.44 bits per heavy atom. The van der Waals surface area contributed by atoms with E-state index in [2.05, 4.69) is 26.5 Å². The van der Waals surface area contributed by atoms with Crippen molar-refractivity contribution >= 4 is 0 Å². The molecule has 0 aromatic rings. The topological polar surface area (TPSA) is 36.9 Å². The van der Waals surface area contributed by atoms with Crippen LogP contribution in [0.25, 0.3) is 0 Å². The van der Waals surface area contributed by atoms with E-state index in [1.165, 1.54) is 0 Å². The second-order valence-corrected chi connectivity index (χ2v) is 3.53. The van der Waals surface area contributed by atoms with E-state index in [0.29, 0.717) is 6.04 Å². The van der Waals surface area contributed by atoms with Crippen molar-refractivity contribution in [3.63, 3.8) is 0 Å². The molecule has 0 amide bonds. The zero-order valence-electron chi connectivity index (χ0n) is 6.90. The molecule has 0 radical (unpaired) electrons. The van der Waals surface area contributed by atoms with E-state index in [9.17, 15) is 0 Å². The molecule has 0 aliphatic rings. The summed E-state index contributed by atoms with van der Waals surface area (Å²) < 4.78 is 5.43. The van der Waals surface area contributed by atoms with Gasteiger partial charge in [0.05, 0.1) is 12.2 Å². The normalized spacial score (nSPS) is 15.7. The first-order chi connectivity index (χ1) is 3.92. The minimum absolute atomic E-state index is 0.00799. The van der Waals surface area contributed by atoms with Gasteiger partial charge in [0.15, 0.2) is 0 Å². The predicted molar refractivity (Wildman–Crippen MR) is 38.1 cm³/mol. The Hall–Kier alpha value is -0.0800. The average Bonchev–Trinajstić information content (AvgIpc) is 1.59. The highest BCUT2D eigenvalue weighted by molar-refractivity contribution is 4.59. The SMILES string of the molecule is CC([NH3+])COC(C)(C)C. The van der Waals surface area contributed by atoms with Crippen LogP contribution >= 0.6 is 0 Å². The van der Waals surface area contributed by atoms with Crippen LogP contribution in [0.4, 0.5) is 0 Å². The van der Waals surface area contributed by atoms with Crippen LogP contribution in [0.1, 0.15) is 27.7 Å². The zero-order valence-corrected chi connectivity index (χ0v) is 6.90. The largest absolute Gasteiger partial charge is 0.370 e. The fourth-order valence-corrected chi connectivity index (χ4v) is 0.392. The van der Waals surface area contributed by atoms with Gasteiger partial charge in [-0.2, -0.15) is 0 Å². The molecular formula is C7H18NO+. The van der Waals surface area contributed by atoms with Crippen LogP contribution in [0.5, 0.6) is 0 Å². The summed E-state index contributed by atoms with van der Waals surface area (Å²) in [5, 5.41) is 0. The maximum Gasteiger partial charge on any atom is 0.105 e. The van der Waals surface area contributed by atoms with E-state index in [1.54, 1.807) is 0 Å². The molecule has 0 aromatic heterocycles. The van der Waals surface area contributed by atoms with Crippen LogP contribution in [-0.2, 0) is 4.74 Å². The lowest BCUT2D eigenvalue weighted by Crippen LogP contribution is -2.61. The van der Waals surface area contributed by atoms with Gasteiger partial charge in [-0.25, -0.2) is 0 Å². The lowest BCUT2D eigenvalue weighted by atomic mass is 10.2. The Kier molecular flexibility index (Phi) is 3.15. The Labute approximate surface area is 57.4 Å². The molecule has 56 valence electrons. The van der Waals surface area contributed by atoms with Gasteiger partial charge in [-0.3, -0.25) is 0 Å². The van der Waals surface area contributed by atoms with Gasteiger partial charge < -0.3 is 10.5 Å². The summed E-state index contributed by atoms with van der Waals surface area (Å²) in [5.74, 6) is 0. The quantitative estimate of drug-likeness (QED) is 0.581. The van der Waals surface area contributed by atoms with Crippen molar-refractivity contribution in [3.05, 3.63) is 0 Å². The number of ether oxygens (including phenoxy) is 1. The fraction of sp³-hybridized carbons (Fsp3) is 1.00. The van der Waals surface area contributed by atoms with Crippen LogP contribution < -0.4 is 5.73 Å². The summed E-state index contributed by atoms with van der Waals surface area (Å²) in [6.45, 7) is 8.95. The molecule has 1 atom stereocenters. The van der Waals surface area contributed by atoms with Crippen LogP contribution in [0.3, 0.4) is 0 Å². The standard InChI is InChI=1S/C7H17NO/c1-6(8)5-9-7(2,3)4/h6H,5,8H2,1-4H3/p+1. The second kappa shape index (κ2) is 3.18. The maximum absolute atomic E-state index is 5.43. The van der Waals surface area contributed by atoms with E-state index in [-0.39, 0.29) is 5.60 Å². The van der Waals surface area contributed by atoms with Gasteiger partial charge in [0.1, 0.15) is 6.04 Å². The van der Waals surface area contributed by atoms with Gasteiger partial charge in [0, 0.05) is 0 Å². The molecule has 2 nitrogen and oxygen atoms in total. The highest BCUT2D eigenvalue weighted by Gasteiger charge is 2.11. The Morgan fingerprint density at radius 2 is 1.89 bits per heavy atom. The van der Waals surface area contributed by atoms with Crippen molar-refractivity contribution in [2.75, 3.05) is 6.61 Å². The Balaban J connectivity index is 3.28. The molecule has 3 N–H and O–H groups in total. The van der Waals surface area contributed by atoms with Crippen molar-refractivity contribution in [2.24, 2.45) is 0 Å². The van der Waals surface area contributed by atoms with Crippen molar-refractivity contribution in [2.45, 2.75) is 39.3 Å². The Bertz CT molecular complexity index is 73.5. The van der Waals surface area contributed by atoms with Crippen molar-refractivity contribution in [1.29, 1.82) is 0 Å². The lowest BCUT2D eigenvalue weighted by molar-refractivity contribution is -0.423. The molecule has 0 saturated heterocycles. The first-order valence-corrected chi connectivity index (χ1v) is 3.39. The molecule has 0 spiro atoms. The average molecular weight is 132 g/mol. The van der Waals surface area contributed by atoms with Gasteiger partial charge in [-0.05, 0) is 27.7 Å². The predicted octanol–water partition coefficient (Wildman–Crippen LogP) is 0.432. The third-order valence-corrected chi connectivity index (χ3v) is 0.801. The van der Waals surface area contributed by atoms with Gasteiger partial charge in [0.25, 0.3) is 0 Å². The molecule has 0 aliphatic heterocycles. The minimum Gasteiger partial charge on any atom is -0.370 e. The van der Waals surface area contributed by atoms with E-state index < -0.39 is 0 Å². The fourth-order valence-electron chi connectivity index (χ4n) is 0.392. The van der Waals surface area contributed by atoms with E-state index in [1.807, 2.05) is 6.92 Å². The number of hydrogen-bond acceptors (Lipinski definition) is 1. The summed E-state index contributed by atoms with van der Waals surface area (Å²) >= 11 is 0. The number of hydrogen-bond donors (Lipinski definition) is 1. The summed E-state index contributed by atoms with van der Waals surface area (Å²) in [6, 6.07) is 0.393. The zero-order chi connectivity index (χ0) is 7.49. The summed E-state index contributed by atoms with van der Waals surface area (Å²) in [4.78, 5) is 0. The van der Waals surface area contributed by atoms with E-state index >= 15 is 0 Å². The smallest absolute Gasteiger partial charge is 0.105 e. The minimum atomic E-state index is -0.00799. The third-order valence-electron chi connectivity index (χ3n) is 0.801. The van der Waals surface area contributed by atoms with Gasteiger partial charge >= 0.3 is 0 Å². The molecule has 0 heterocycles. The van der Waals surface area contributed by atoms with Crippen LogP contribution in [-0.4, -0.2) is 18.2 Å². The highest BCUT2D eigenvalue weighted by atomic mass is 16.5. The van der Waals surface area contributed by atoms with Crippen LogP contribution in [0.15, 0.2) is 0 Å². The molecular weight excluding hydrogens is 114 g/mol. The molecule has 0 fully saturated rings. The molecule has 9 heavy (non-hydrogen) atoms. The lowest BCUT2D eigenvalue weighted by Gasteiger charge is -2.19. The van der Waals surface area contributed by atoms with Crippen LogP contribution in [0, 0.1) is 0 Å². The van der Waals surface area contributed by atoms with Gasteiger partial charge in [0.2, 0.25) is 0 Å². The monoisotopic (exact) mass is 132 g/mol. The molecule has 0 aromatic carbocycles. The molecule has 0 rings (SSSR count). The first kappa shape index (κ1) is 8.92. The highest BCUT2D eigenvalue weighted by Crippen LogP contribution is 2.05. The van der Waals surface area contributed by atoms with E-state index in [4.69, 9.17) is 4.74 Å². The molecule has 0 bridgehead atoms.